The molecule has 0 bridgehead atoms. The Morgan fingerprint density at radius 3 is 2.43 bits per heavy atom. The zero-order valence-corrected chi connectivity index (χ0v) is 22.4. The zero-order valence-electron chi connectivity index (χ0n) is 22.4. The predicted octanol–water partition coefficient (Wildman–Crippen LogP) is 4.22. The molecule has 0 saturated carbocycles. The molecule has 3 heterocycles. The quantitative estimate of drug-likeness (QED) is 0.414. The average molecular weight is 498 g/mol. The van der Waals surface area contributed by atoms with Crippen molar-refractivity contribution in [2.24, 2.45) is 0 Å². The van der Waals surface area contributed by atoms with Gasteiger partial charge >= 0.3 is 0 Å². The van der Waals surface area contributed by atoms with Crippen LogP contribution in [0.5, 0.6) is 0 Å². The van der Waals surface area contributed by atoms with Crippen LogP contribution in [0.3, 0.4) is 0 Å². The van der Waals surface area contributed by atoms with Crippen LogP contribution in [0, 0.1) is 27.7 Å². The highest BCUT2D eigenvalue weighted by Gasteiger charge is 2.28. The largest absolute Gasteiger partial charge is 0.365 e. The highest BCUT2D eigenvalue weighted by atomic mass is 16.2. The molecule has 192 valence electrons. The van der Waals surface area contributed by atoms with E-state index < -0.39 is 0 Å². The molecule has 1 fully saturated rings. The van der Waals surface area contributed by atoms with Gasteiger partial charge in [0.15, 0.2) is 0 Å². The number of aryl methyl sites for hydroxylation is 4. The fourth-order valence-electron chi connectivity index (χ4n) is 5.47. The van der Waals surface area contributed by atoms with Gasteiger partial charge in [-0.2, -0.15) is 5.10 Å². The molecule has 1 unspecified atom stereocenters. The Kier molecular flexibility index (Phi) is 6.63. The number of hydrogen-bond donors (Lipinski definition) is 0. The number of fused-ring (bicyclic) bond motifs is 1. The van der Waals surface area contributed by atoms with Gasteiger partial charge in [0.25, 0.3) is 5.56 Å². The Morgan fingerprint density at radius 2 is 1.73 bits per heavy atom. The fourth-order valence-corrected chi connectivity index (χ4v) is 5.47. The lowest BCUT2D eigenvalue weighted by Crippen LogP contribution is -2.54. The van der Waals surface area contributed by atoms with Crippen molar-refractivity contribution in [3.05, 3.63) is 93.2 Å². The first-order chi connectivity index (χ1) is 17.7. The summed E-state index contributed by atoms with van der Waals surface area (Å²) in [6.45, 7) is 13.0. The molecule has 4 aromatic rings. The summed E-state index contributed by atoms with van der Waals surface area (Å²) in [7, 11) is 0. The number of hydrogen-bond acceptors (Lipinski definition) is 4. The summed E-state index contributed by atoms with van der Waals surface area (Å²) >= 11 is 0. The van der Waals surface area contributed by atoms with Crippen LogP contribution in [-0.2, 0) is 17.9 Å². The Labute approximate surface area is 217 Å². The van der Waals surface area contributed by atoms with Crippen LogP contribution in [0.1, 0.15) is 35.0 Å². The van der Waals surface area contributed by atoms with E-state index in [2.05, 4.69) is 83.9 Å². The summed E-state index contributed by atoms with van der Waals surface area (Å²) in [5.74, 6) is -0.0712. The molecule has 1 atom stereocenters. The Morgan fingerprint density at radius 1 is 0.973 bits per heavy atom. The van der Waals surface area contributed by atoms with Crippen molar-refractivity contribution in [1.29, 1.82) is 0 Å². The van der Waals surface area contributed by atoms with E-state index in [0.29, 0.717) is 25.0 Å². The number of benzene rings is 2. The van der Waals surface area contributed by atoms with Crippen LogP contribution < -0.4 is 10.5 Å². The zero-order chi connectivity index (χ0) is 26.3. The van der Waals surface area contributed by atoms with E-state index in [1.54, 1.807) is 6.20 Å². The minimum Gasteiger partial charge on any atom is -0.365 e. The number of amides is 1. The van der Waals surface area contributed by atoms with Crippen molar-refractivity contribution in [3.63, 3.8) is 0 Å². The number of aromatic nitrogens is 3. The van der Waals surface area contributed by atoms with E-state index in [1.807, 2.05) is 18.7 Å². The summed E-state index contributed by atoms with van der Waals surface area (Å²) in [6.07, 6.45) is 1.73. The molecule has 1 amide bonds. The Hall–Kier alpha value is -3.87. The van der Waals surface area contributed by atoms with Crippen molar-refractivity contribution >= 4 is 22.4 Å². The van der Waals surface area contributed by atoms with Gasteiger partial charge in [0.2, 0.25) is 5.91 Å². The highest BCUT2D eigenvalue weighted by Crippen LogP contribution is 2.24. The Balaban J connectivity index is 1.34. The van der Waals surface area contributed by atoms with Gasteiger partial charge in [-0.05, 0) is 57.9 Å². The predicted molar refractivity (Wildman–Crippen MR) is 148 cm³/mol. The molecule has 2 aromatic heterocycles. The van der Waals surface area contributed by atoms with E-state index in [-0.39, 0.29) is 24.1 Å². The summed E-state index contributed by atoms with van der Waals surface area (Å²) in [5, 5.41) is 5.89. The van der Waals surface area contributed by atoms with Gasteiger partial charge in [-0.15, -0.1) is 0 Å². The van der Waals surface area contributed by atoms with Gasteiger partial charge in [-0.1, -0.05) is 42.0 Å². The molecule has 0 aliphatic carbocycles. The number of piperazine rings is 1. The molecule has 1 aliphatic rings. The summed E-state index contributed by atoms with van der Waals surface area (Å²) in [6, 6.07) is 17.1. The molecular formula is C30H35N5O2. The monoisotopic (exact) mass is 497 g/mol. The molecule has 0 radical (unpaired) electrons. The van der Waals surface area contributed by atoms with E-state index in [0.717, 1.165) is 23.3 Å². The lowest BCUT2D eigenvalue weighted by atomic mass is 10.1. The van der Waals surface area contributed by atoms with Gasteiger partial charge in [0, 0.05) is 54.7 Å². The van der Waals surface area contributed by atoms with Gasteiger partial charge in [-0.3, -0.25) is 9.59 Å². The normalized spacial score (nSPS) is 16.0. The van der Waals surface area contributed by atoms with Gasteiger partial charge in [-0.25, -0.2) is 4.68 Å². The van der Waals surface area contributed by atoms with Crippen molar-refractivity contribution < 1.29 is 4.79 Å². The number of carbonyl (C=O) groups is 1. The first-order valence-electron chi connectivity index (χ1n) is 12.9. The van der Waals surface area contributed by atoms with Crippen molar-refractivity contribution in [3.8, 4) is 0 Å². The third-order valence-electron chi connectivity index (χ3n) is 7.67. The molecule has 1 saturated heterocycles. The molecule has 0 spiro atoms. The van der Waals surface area contributed by atoms with Gasteiger partial charge in [0.05, 0.1) is 11.6 Å². The Bertz CT molecular complexity index is 1520. The average Bonchev–Trinajstić information content (AvgIpc) is 3.11. The van der Waals surface area contributed by atoms with Crippen molar-refractivity contribution in [1.82, 2.24) is 19.2 Å². The van der Waals surface area contributed by atoms with E-state index >= 15 is 0 Å². The molecule has 0 N–H and O–H groups in total. The lowest BCUT2D eigenvalue weighted by molar-refractivity contribution is -0.132. The minimum atomic E-state index is -0.208. The second-order valence-corrected chi connectivity index (χ2v) is 10.4. The highest BCUT2D eigenvalue weighted by molar-refractivity contribution is 5.87. The van der Waals surface area contributed by atoms with Crippen LogP contribution in [0.2, 0.25) is 0 Å². The lowest BCUT2D eigenvalue weighted by Gasteiger charge is -2.41. The summed E-state index contributed by atoms with van der Waals surface area (Å²) in [5.41, 5.74) is 6.52. The fraction of sp³-hybridized carbons (Fsp3) is 0.367. The third-order valence-corrected chi connectivity index (χ3v) is 7.67. The molecule has 5 rings (SSSR count). The van der Waals surface area contributed by atoms with Crippen LogP contribution in [0.15, 0.2) is 59.5 Å². The number of carbonyl (C=O) groups excluding carboxylic acids is 1. The number of anilines is 1. The van der Waals surface area contributed by atoms with Crippen LogP contribution in [0.25, 0.3) is 10.8 Å². The topological polar surface area (TPSA) is 63.4 Å². The SMILES string of the molecule is Cc1ccc(Cn2c(C)c3cnn(CC(=O)N4CCN(c5cccc(C)c5)C(C)C4)c(=O)c3c2C)cc1. The molecule has 1 aliphatic heterocycles. The molecule has 7 heteroatoms. The molecular weight excluding hydrogens is 462 g/mol. The molecule has 7 nitrogen and oxygen atoms in total. The van der Waals surface area contributed by atoms with Crippen LogP contribution in [0.4, 0.5) is 5.69 Å². The maximum atomic E-state index is 13.5. The van der Waals surface area contributed by atoms with Gasteiger partial charge in [0.1, 0.15) is 6.54 Å². The second-order valence-electron chi connectivity index (χ2n) is 10.4. The first kappa shape index (κ1) is 24.8. The van der Waals surface area contributed by atoms with E-state index in [9.17, 15) is 9.59 Å². The number of nitrogens with zero attached hydrogens (tertiary/aromatic N) is 5. The minimum absolute atomic E-state index is 0.0480. The van der Waals surface area contributed by atoms with Gasteiger partial charge < -0.3 is 14.4 Å². The van der Waals surface area contributed by atoms with E-state index in [1.165, 1.54) is 27.1 Å². The molecule has 2 aromatic carbocycles. The standard InChI is InChI=1S/C30H35N5O2/c1-20-9-11-25(12-10-20)18-34-23(4)27-16-31-35(30(37)29(27)24(34)5)19-28(36)32-13-14-33(22(3)17-32)26-8-6-7-21(2)15-26/h6-12,15-16,22H,13-14,17-19H2,1-5H3. The van der Waals surface area contributed by atoms with E-state index in [4.69, 9.17) is 0 Å². The van der Waals surface area contributed by atoms with Crippen LogP contribution >= 0.6 is 0 Å². The first-order valence-corrected chi connectivity index (χ1v) is 12.9. The maximum Gasteiger partial charge on any atom is 0.276 e. The maximum absolute atomic E-state index is 13.5. The second kappa shape index (κ2) is 9.88. The van der Waals surface area contributed by atoms with Crippen molar-refractivity contribution in [2.75, 3.05) is 24.5 Å². The smallest absolute Gasteiger partial charge is 0.276 e. The third kappa shape index (κ3) is 4.78. The summed E-state index contributed by atoms with van der Waals surface area (Å²) < 4.78 is 3.49. The van der Waals surface area contributed by atoms with Crippen molar-refractivity contribution in [2.45, 2.75) is 53.8 Å². The number of rotatable bonds is 5. The van der Waals surface area contributed by atoms with Crippen LogP contribution in [-0.4, -0.2) is 50.8 Å². The molecule has 37 heavy (non-hydrogen) atoms. The summed E-state index contributed by atoms with van der Waals surface area (Å²) in [4.78, 5) is 30.9.